The second-order valence-corrected chi connectivity index (χ2v) is 11.5. The molecule has 6 nitrogen and oxygen atoms in total. The molecule has 2 aromatic heterocycles. The van der Waals surface area contributed by atoms with Crippen LogP contribution >= 0.6 is 22.9 Å². The molecule has 0 spiro atoms. The average molecular weight is 510 g/mol. The second kappa shape index (κ2) is 8.87. The number of aromatic nitrogens is 2. The summed E-state index contributed by atoms with van der Waals surface area (Å²) >= 11 is 7.81. The lowest BCUT2D eigenvalue weighted by atomic mass is 9.96. The summed E-state index contributed by atoms with van der Waals surface area (Å²) in [5.74, 6) is 1.01. The van der Waals surface area contributed by atoms with Crippen molar-refractivity contribution >= 4 is 28.8 Å². The van der Waals surface area contributed by atoms with Gasteiger partial charge in [-0.1, -0.05) is 36.6 Å². The smallest absolute Gasteiger partial charge is 0.256 e. The van der Waals surface area contributed by atoms with Crippen LogP contribution in [-0.2, 0) is 23.2 Å². The lowest BCUT2D eigenvalue weighted by molar-refractivity contribution is -0.141. The molecule has 0 unspecified atom stereocenters. The standard InChI is InChI=1S/C27H28ClN3O3S/c28-19-7-3-6-17(12-19)23(32)25(34)31-11-8-21-20(14-31)24(33)30-26(29-21)27(9-10-27)22-13-18(15-35-22)16-4-1-2-5-16/h3,6-7,12-13,15-16,23,32H,1-2,4-5,8-11,14H2,(H,29,30,33)/t23-/m1/s1. The maximum Gasteiger partial charge on any atom is 0.256 e. The van der Waals surface area contributed by atoms with Crippen LogP contribution in [-0.4, -0.2) is 32.4 Å². The number of carbonyl (C=O) groups is 1. The van der Waals surface area contributed by atoms with Gasteiger partial charge in [-0.25, -0.2) is 4.98 Å². The van der Waals surface area contributed by atoms with E-state index in [1.807, 2.05) is 0 Å². The van der Waals surface area contributed by atoms with E-state index in [2.05, 4.69) is 16.4 Å². The first kappa shape index (κ1) is 23.0. The summed E-state index contributed by atoms with van der Waals surface area (Å²) in [7, 11) is 0. The minimum atomic E-state index is -1.32. The number of benzene rings is 1. The van der Waals surface area contributed by atoms with E-state index in [1.54, 1.807) is 35.6 Å². The lowest BCUT2D eigenvalue weighted by Crippen LogP contribution is -2.42. The van der Waals surface area contributed by atoms with Crippen molar-refractivity contribution in [3.63, 3.8) is 0 Å². The van der Waals surface area contributed by atoms with E-state index < -0.39 is 12.0 Å². The number of aliphatic hydroxyl groups excluding tert-OH is 1. The molecule has 0 bridgehead atoms. The summed E-state index contributed by atoms with van der Waals surface area (Å²) in [5.41, 5.74) is 2.81. The van der Waals surface area contributed by atoms with Gasteiger partial charge in [0.15, 0.2) is 6.10 Å². The maximum absolute atomic E-state index is 13.1. The molecule has 2 fully saturated rings. The Labute approximate surface area is 213 Å². The van der Waals surface area contributed by atoms with E-state index in [-0.39, 0.29) is 17.5 Å². The van der Waals surface area contributed by atoms with Gasteiger partial charge in [-0.3, -0.25) is 9.59 Å². The van der Waals surface area contributed by atoms with Crippen LogP contribution in [0.1, 0.15) is 83.6 Å². The van der Waals surface area contributed by atoms with Gasteiger partial charge in [0, 0.05) is 22.9 Å². The van der Waals surface area contributed by atoms with Crippen molar-refractivity contribution in [2.75, 3.05) is 6.54 Å². The summed E-state index contributed by atoms with van der Waals surface area (Å²) in [6.45, 7) is 0.559. The topological polar surface area (TPSA) is 86.3 Å². The lowest BCUT2D eigenvalue weighted by Gasteiger charge is -2.30. The number of thiophene rings is 1. The van der Waals surface area contributed by atoms with Gasteiger partial charge < -0.3 is 15.0 Å². The number of hydrogen-bond donors (Lipinski definition) is 2. The van der Waals surface area contributed by atoms with Gasteiger partial charge in [0.05, 0.1) is 23.2 Å². The van der Waals surface area contributed by atoms with Crippen LogP contribution in [0.3, 0.4) is 0 Å². The Bertz CT molecular complexity index is 1340. The van der Waals surface area contributed by atoms with Crippen LogP contribution < -0.4 is 5.56 Å². The number of aromatic amines is 1. The van der Waals surface area contributed by atoms with E-state index in [0.717, 1.165) is 24.4 Å². The summed E-state index contributed by atoms with van der Waals surface area (Å²) in [4.78, 5) is 36.9. The number of halogens is 1. The Kier molecular flexibility index (Phi) is 5.82. The van der Waals surface area contributed by atoms with Crippen molar-refractivity contribution in [1.82, 2.24) is 14.9 Å². The van der Waals surface area contributed by atoms with Crippen molar-refractivity contribution in [3.05, 3.63) is 84.2 Å². The minimum absolute atomic E-state index is 0.145. The van der Waals surface area contributed by atoms with Gasteiger partial charge >= 0.3 is 0 Å². The zero-order valence-electron chi connectivity index (χ0n) is 19.4. The van der Waals surface area contributed by atoms with Gasteiger partial charge in [-0.15, -0.1) is 11.3 Å². The molecule has 3 aromatic rings. The Morgan fingerprint density at radius 3 is 2.80 bits per heavy atom. The molecule has 2 saturated carbocycles. The van der Waals surface area contributed by atoms with Crippen molar-refractivity contribution in [2.45, 2.75) is 68.9 Å². The summed E-state index contributed by atoms with van der Waals surface area (Å²) in [6, 6.07) is 9.00. The molecule has 0 saturated heterocycles. The number of nitrogens with zero attached hydrogens (tertiary/aromatic N) is 2. The van der Waals surface area contributed by atoms with E-state index in [9.17, 15) is 14.7 Å². The van der Waals surface area contributed by atoms with Crippen LogP contribution in [0.2, 0.25) is 5.02 Å². The molecule has 8 heteroatoms. The van der Waals surface area contributed by atoms with Crippen LogP contribution in [0.4, 0.5) is 0 Å². The third-order valence-electron chi connectivity index (χ3n) is 7.90. The minimum Gasteiger partial charge on any atom is -0.378 e. The van der Waals surface area contributed by atoms with Crippen LogP contribution in [0, 0.1) is 0 Å². The Morgan fingerprint density at radius 1 is 1.26 bits per heavy atom. The Morgan fingerprint density at radius 2 is 2.06 bits per heavy atom. The fourth-order valence-electron chi connectivity index (χ4n) is 5.63. The highest BCUT2D eigenvalue weighted by Crippen LogP contribution is 2.54. The van der Waals surface area contributed by atoms with E-state index >= 15 is 0 Å². The molecular weight excluding hydrogens is 482 g/mol. The fourth-order valence-corrected chi connectivity index (χ4v) is 7.08. The highest BCUT2D eigenvalue weighted by molar-refractivity contribution is 7.10. The monoisotopic (exact) mass is 509 g/mol. The molecule has 0 radical (unpaired) electrons. The number of hydrogen-bond acceptors (Lipinski definition) is 5. The molecular formula is C27H28ClN3O3S. The second-order valence-electron chi connectivity index (χ2n) is 10.1. The maximum atomic E-state index is 13.1. The highest BCUT2D eigenvalue weighted by Gasteiger charge is 2.50. The molecule has 3 heterocycles. The summed E-state index contributed by atoms with van der Waals surface area (Å²) in [6.07, 6.45) is 6.35. The fraction of sp³-hybridized carbons (Fsp3) is 0.444. The molecule has 35 heavy (non-hydrogen) atoms. The normalized spacial score (nSPS) is 20.0. The Balaban J connectivity index is 1.23. The average Bonchev–Trinajstić information content (AvgIpc) is 3.25. The predicted octanol–water partition coefficient (Wildman–Crippen LogP) is 4.84. The molecule has 1 aromatic carbocycles. The first-order valence-corrected chi connectivity index (χ1v) is 13.6. The molecule has 2 aliphatic carbocycles. The SMILES string of the molecule is O=C([C@H](O)c1cccc(Cl)c1)N1CCc2nc(C3(c4cc(C5CCCC5)cs4)CC3)[nH]c(=O)c2C1. The van der Waals surface area contributed by atoms with E-state index in [1.165, 1.54) is 41.0 Å². The number of aliphatic hydroxyl groups is 1. The first-order valence-electron chi connectivity index (χ1n) is 12.4. The van der Waals surface area contributed by atoms with Crippen molar-refractivity contribution in [3.8, 4) is 0 Å². The molecule has 2 N–H and O–H groups in total. The number of H-pyrrole nitrogens is 1. The summed E-state index contributed by atoms with van der Waals surface area (Å²) in [5, 5.41) is 13.4. The van der Waals surface area contributed by atoms with E-state index in [0.29, 0.717) is 35.0 Å². The molecule has 1 atom stereocenters. The zero-order valence-corrected chi connectivity index (χ0v) is 21.0. The highest BCUT2D eigenvalue weighted by atomic mass is 35.5. The van der Waals surface area contributed by atoms with Gasteiger partial charge in [0.1, 0.15) is 5.82 Å². The number of fused-ring (bicyclic) bond motifs is 1. The van der Waals surface area contributed by atoms with Crippen LogP contribution in [0.25, 0.3) is 0 Å². The Hall–Kier alpha value is -2.48. The van der Waals surface area contributed by atoms with E-state index in [4.69, 9.17) is 16.6 Å². The van der Waals surface area contributed by atoms with Crippen molar-refractivity contribution in [2.24, 2.45) is 0 Å². The molecule has 1 amide bonds. The molecule has 1 aliphatic heterocycles. The third kappa shape index (κ3) is 4.13. The van der Waals surface area contributed by atoms with Gasteiger partial charge in [-0.2, -0.15) is 0 Å². The summed E-state index contributed by atoms with van der Waals surface area (Å²) < 4.78 is 0. The first-order chi connectivity index (χ1) is 16.9. The van der Waals surface area contributed by atoms with Crippen LogP contribution in [0.15, 0.2) is 40.5 Å². The number of amides is 1. The van der Waals surface area contributed by atoms with Gasteiger partial charge in [0.25, 0.3) is 11.5 Å². The molecule has 6 rings (SSSR count). The number of rotatable bonds is 5. The van der Waals surface area contributed by atoms with Crippen molar-refractivity contribution in [1.29, 1.82) is 0 Å². The predicted molar refractivity (Wildman–Crippen MR) is 136 cm³/mol. The third-order valence-corrected chi connectivity index (χ3v) is 9.29. The van der Waals surface area contributed by atoms with Gasteiger partial charge in [-0.05, 0) is 66.3 Å². The molecule has 3 aliphatic rings. The zero-order chi connectivity index (χ0) is 24.2. The largest absolute Gasteiger partial charge is 0.378 e. The van der Waals surface area contributed by atoms with Crippen LogP contribution in [0.5, 0.6) is 0 Å². The number of carbonyl (C=O) groups excluding carboxylic acids is 1. The number of nitrogens with one attached hydrogen (secondary N) is 1. The molecule has 182 valence electrons. The van der Waals surface area contributed by atoms with Gasteiger partial charge in [0.2, 0.25) is 0 Å². The van der Waals surface area contributed by atoms with Crippen molar-refractivity contribution < 1.29 is 9.90 Å². The quantitative estimate of drug-likeness (QED) is 0.515.